The molecule has 6 nitrogen and oxygen atoms in total. The minimum Gasteiger partial charge on any atom is -0.495 e. The highest BCUT2D eigenvalue weighted by Gasteiger charge is 2.19. The van der Waals surface area contributed by atoms with Crippen molar-refractivity contribution in [3.05, 3.63) is 59.4 Å². The van der Waals surface area contributed by atoms with Crippen LogP contribution in [0.4, 0.5) is 4.39 Å². The zero-order valence-corrected chi connectivity index (χ0v) is 15.9. The minimum atomic E-state index is -3.98. The van der Waals surface area contributed by atoms with Crippen molar-refractivity contribution >= 4 is 15.9 Å². The van der Waals surface area contributed by atoms with E-state index in [0.29, 0.717) is 11.1 Å². The van der Waals surface area contributed by atoms with Crippen molar-refractivity contribution in [2.75, 3.05) is 27.7 Å². The van der Waals surface area contributed by atoms with E-state index in [1.165, 1.54) is 18.1 Å². The van der Waals surface area contributed by atoms with E-state index in [1.54, 1.807) is 38.4 Å². The molecular formula is C19H19FN2O4S. The molecule has 2 aromatic carbocycles. The van der Waals surface area contributed by atoms with Gasteiger partial charge < -0.3 is 9.64 Å². The fraction of sp³-hybridized carbons (Fsp3) is 0.211. The number of halogens is 1. The third kappa shape index (κ3) is 5.29. The predicted octanol–water partition coefficient (Wildman–Crippen LogP) is 1.87. The molecule has 0 aromatic heterocycles. The van der Waals surface area contributed by atoms with Crippen LogP contribution in [0.15, 0.2) is 47.4 Å². The predicted molar refractivity (Wildman–Crippen MR) is 99.5 cm³/mol. The maximum atomic E-state index is 13.4. The van der Waals surface area contributed by atoms with Crippen molar-refractivity contribution in [3.63, 3.8) is 0 Å². The monoisotopic (exact) mass is 390 g/mol. The quantitative estimate of drug-likeness (QED) is 0.791. The topological polar surface area (TPSA) is 75.7 Å². The molecule has 8 heteroatoms. The normalized spacial score (nSPS) is 10.7. The number of methoxy groups -OCH3 is 1. The van der Waals surface area contributed by atoms with E-state index in [0.717, 1.165) is 12.1 Å². The van der Waals surface area contributed by atoms with Crippen molar-refractivity contribution in [1.82, 2.24) is 9.62 Å². The molecule has 0 fully saturated rings. The van der Waals surface area contributed by atoms with E-state index in [1.807, 2.05) is 0 Å². The lowest BCUT2D eigenvalue weighted by atomic mass is 10.1. The number of ether oxygens (including phenoxy) is 1. The van der Waals surface area contributed by atoms with E-state index in [-0.39, 0.29) is 23.1 Å². The number of benzene rings is 2. The molecule has 0 heterocycles. The lowest BCUT2D eigenvalue weighted by molar-refractivity contribution is 0.0827. The molecule has 0 radical (unpaired) electrons. The van der Waals surface area contributed by atoms with Gasteiger partial charge >= 0.3 is 0 Å². The Morgan fingerprint density at radius 3 is 2.44 bits per heavy atom. The zero-order chi connectivity index (χ0) is 20.0. The number of carbonyl (C=O) groups is 1. The van der Waals surface area contributed by atoms with Crippen molar-refractivity contribution in [1.29, 1.82) is 0 Å². The summed E-state index contributed by atoms with van der Waals surface area (Å²) in [5, 5.41) is 0. The van der Waals surface area contributed by atoms with Gasteiger partial charge in [-0.3, -0.25) is 4.79 Å². The molecule has 0 aliphatic rings. The van der Waals surface area contributed by atoms with Gasteiger partial charge in [0.15, 0.2) is 0 Å². The number of amides is 1. The molecule has 1 N–H and O–H groups in total. The summed E-state index contributed by atoms with van der Waals surface area (Å²) < 4.78 is 45.2. The SMILES string of the molecule is COc1ccc(F)cc1S(=O)(=O)NCC#Cc1ccc(C(=O)N(C)C)cc1. The van der Waals surface area contributed by atoms with Crippen LogP contribution in [0.25, 0.3) is 0 Å². The van der Waals surface area contributed by atoms with Crippen LogP contribution in [0.3, 0.4) is 0 Å². The van der Waals surface area contributed by atoms with Gasteiger partial charge in [0.25, 0.3) is 5.91 Å². The third-order valence-corrected chi connectivity index (χ3v) is 4.96. The Morgan fingerprint density at radius 1 is 1.19 bits per heavy atom. The first kappa shape index (κ1) is 20.4. The Labute approximate surface area is 158 Å². The van der Waals surface area contributed by atoms with Gasteiger partial charge in [-0.05, 0) is 42.5 Å². The van der Waals surface area contributed by atoms with Gasteiger partial charge in [-0.25, -0.2) is 12.8 Å². The second-order valence-corrected chi connectivity index (χ2v) is 7.43. The molecule has 0 saturated carbocycles. The van der Waals surface area contributed by atoms with Crippen LogP contribution in [0.1, 0.15) is 15.9 Å². The molecule has 0 atom stereocenters. The number of rotatable bonds is 5. The second kappa shape index (κ2) is 8.66. The molecule has 0 saturated heterocycles. The molecule has 0 unspecified atom stereocenters. The molecular weight excluding hydrogens is 371 g/mol. The molecule has 0 aliphatic heterocycles. The van der Waals surface area contributed by atoms with Crippen molar-refractivity contribution < 1.29 is 22.3 Å². The van der Waals surface area contributed by atoms with Gasteiger partial charge in [-0.2, -0.15) is 4.72 Å². The van der Waals surface area contributed by atoms with Crippen LogP contribution in [0.5, 0.6) is 5.75 Å². The summed E-state index contributed by atoms with van der Waals surface area (Å²) in [5.41, 5.74) is 1.16. The van der Waals surface area contributed by atoms with Crippen molar-refractivity contribution in [3.8, 4) is 17.6 Å². The highest BCUT2D eigenvalue weighted by atomic mass is 32.2. The van der Waals surface area contributed by atoms with Crippen LogP contribution in [-0.2, 0) is 10.0 Å². The highest BCUT2D eigenvalue weighted by molar-refractivity contribution is 7.89. The summed E-state index contributed by atoms with van der Waals surface area (Å²) in [7, 11) is 0.652. The van der Waals surface area contributed by atoms with E-state index >= 15 is 0 Å². The summed E-state index contributed by atoms with van der Waals surface area (Å²) in [6.07, 6.45) is 0. The van der Waals surface area contributed by atoms with Gasteiger partial charge in [-0.15, -0.1) is 0 Å². The Morgan fingerprint density at radius 2 is 1.85 bits per heavy atom. The molecule has 27 heavy (non-hydrogen) atoms. The van der Waals surface area contributed by atoms with Crippen LogP contribution in [-0.4, -0.2) is 47.0 Å². The molecule has 142 valence electrons. The summed E-state index contributed by atoms with van der Waals surface area (Å²) in [4.78, 5) is 13.0. The third-order valence-electron chi connectivity index (χ3n) is 3.54. The first-order chi connectivity index (χ1) is 12.7. The number of carbonyl (C=O) groups excluding carboxylic acids is 1. The lowest BCUT2D eigenvalue weighted by Crippen LogP contribution is -2.24. The molecule has 0 aliphatic carbocycles. The van der Waals surface area contributed by atoms with Crippen LogP contribution in [0.2, 0.25) is 0 Å². The summed E-state index contributed by atoms with van der Waals surface area (Å²) in [5.74, 6) is 4.71. The fourth-order valence-electron chi connectivity index (χ4n) is 2.17. The van der Waals surface area contributed by atoms with E-state index in [4.69, 9.17) is 4.74 Å². The Bertz CT molecular complexity index is 991. The Hall–Kier alpha value is -2.89. The van der Waals surface area contributed by atoms with Gasteiger partial charge in [0.05, 0.1) is 13.7 Å². The number of hydrogen-bond donors (Lipinski definition) is 1. The maximum Gasteiger partial charge on any atom is 0.253 e. The molecule has 2 rings (SSSR count). The summed E-state index contributed by atoms with van der Waals surface area (Å²) in [6, 6.07) is 9.88. The van der Waals surface area contributed by atoms with E-state index in [9.17, 15) is 17.6 Å². The van der Waals surface area contributed by atoms with Crippen molar-refractivity contribution in [2.45, 2.75) is 4.90 Å². The zero-order valence-electron chi connectivity index (χ0n) is 15.1. The maximum absolute atomic E-state index is 13.4. The summed E-state index contributed by atoms with van der Waals surface area (Å²) in [6.45, 7) is -0.166. The minimum absolute atomic E-state index is 0.0398. The van der Waals surface area contributed by atoms with Gasteiger partial charge in [0.1, 0.15) is 16.5 Å². The number of nitrogens with zero attached hydrogens (tertiary/aromatic N) is 1. The molecule has 0 bridgehead atoms. The Balaban J connectivity index is 2.07. The first-order valence-corrected chi connectivity index (χ1v) is 9.36. The van der Waals surface area contributed by atoms with Crippen LogP contribution >= 0.6 is 0 Å². The standard InChI is InChI=1S/C19H19FN2O4S/c1-22(2)19(23)15-8-6-14(7-9-15)5-4-12-21-27(24,25)18-13-16(20)10-11-17(18)26-3/h6-11,13,21H,12H2,1-3H3. The van der Waals surface area contributed by atoms with Crippen LogP contribution in [0, 0.1) is 17.7 Å². The average molecular weight is 390 g/mol. The highest BCUT2D eigenvalue weighted by Crippen LogP contribution is 2.23. The smallest absolute Gasteiger partial charge is 0.253 e. The van der Waals surface area contributed by atoms with Crippen molar-refractivity contribution in [2.24, 2.45) is 0 Å². The van der Waals surface area contributed by atoms with Crippen LogP contribution < -0.4 is 9.46 Å². The summed E-state index contributed by atoms with van der Waals surface area (Å²) >= 11 is 0. The first-order valence-electron chi connectivity index (χ1n) is 7.88. The molecule has 0 spiro atoms. The van der Waals surface area contributed by atoms with Gasteiger partial charge in [-0.1, -0.05) is 11.8 Å². The van der Waals surface area contributed by atoms with Gasteiger partial charge in [0, 0.05) is 25.2 Å². The van der Waals surface area contributed by atoms with E-state index in [2.05, 4.69) is 16.6 Å². The molecule has 1 amide bonds. The second-order valence-electron chi connectivity index (χ2n) is 5.70. The van der Waals surface area contributed by atoms with Gasteiger partial charge in [0.2, 0.25) is 10.0 Å². The molecule has 2 aromatic rings. The average Bonchev–Trinajstić information content (AvgIpc) is 2.65. The number of sulfonamides is 1. The Kier molecular flexibility index (Phi) is 6.55. The fourth-order valence-corrected chi connectivity index (χ4v) is 3.27. The number of hydrogen-bond acceptors (Lipinski definition) is 4. The van der Waals surface area contributed by atoms with E-state index < -0.39 is 15.8 Å². The largest absolute Gasteiger partial charge is 0.495 e. The lowest BCUT2D eigenvalue weighted by Gasteiger charge is -2.09. The number of nitrogens with one attached hydrogen (secondary N) is 1.